The fraction of sp³-hybridized carbons (Fsp3) is 0.667. The molecule has 0 aromatic heterocycles. The molecule has 1 aliphatic rings. The number of nitrogens with zero attached hydrogens (tertiary/aromatic N) is 2. The van der Waals surface area contributed by atoms with E-state index in [0.717, 1.165) is 12.5 Å². The summed E-state index contributed by atoms with van der Waals surface area (Å²) in [6.07, 6.45) is 9.77. The first-order valence-corrected chi connectivity index (χ1v) is 10.5. The van der Waals surface area contributed by atoms with Crippen LogP contribution in [0.3, 0.4) is 0 Å². The molecule has 1 saturated heterocycles. The highest BCUT2D eigenvalue weighted by Crippen LogP contribution is 2.26. The molecule has 148 valence electrons. The van der Waals surface area contributed by atoms with Gasteiger partial charge in [-0.3, -0.25) is 4.90 Å². The maximum absolute atomic E-state index is 4.60. The molecule has 1 aromatic rings. The Labute approximate surface area is 164 Å². The standard InChI is InChI=1S/C19H32N2.C3H4.C2H6/c1-4-12-21(13-5-2)15-17-8-10-18(11-9-17)19-7-6-14-20(3)16-19;1-3-2;1-2/h8-11,19H,4-7,12-16H2,1-3H3;1H,2H3;1-2H3. The van der Waals surface area contributed by atoms with Gasteiger partial charge >= 0.3 is 0 Å². The van der Waals surface area contributed by atoms with E-state index in [2.05, 4.69) is 67.3 Å². The summed E-state index contributed by atoms with van der Waals surface area (Å²) in [5.41, 5.74) is 2.99. The zero-order chi connectivity index (χ0) is 19.8. The summed E-state index contributed by atoms with van der Waals surface area (Å²) in [5, 5.41) is 0. The van der Waals surface area contributed by atoms with Gasteiger partial charge < -0.3 is 4.90 Å². The fourth-order valence-electron chi connectivity index (χ4n) is 3.49. The number of rotatable bonds is 7. The maximum Gasteiger partial charge on any atom is 0.0233 e. The molecule has 0 N–H and O–H groups in total. The molecule has 1 fully saturated rings. The maximum atomic E-state index is 4.60. The minimum absolute atomic E-state index is 0.736. The van der Waals surface area contributed by atoms with Crippen molar-refractivity contribution in [2.45, 2.75) is 72.8 Å². The molecule has 0 saturated carbocycles. The van der Waals surface area contributed by atoms with Crippen LogP contribution in [-0.2, 0) is 6.54 Å². The van der Waals surface area contributed by atoms with Crippen molar-refractivity contribution < 1.29 is 0 Å². The van der Waals surface area contributed by atoms with Crippen molar-refractivity contribution in [3.63, 3.8) is 0 Å². The van der Waals surface area contributed by atoms with Crippen molar-refractivity contribution in [2.24, 2.45) is 0 Å². The van der Waals surface area contributed by atoms with Crippen molar-refractivity contribution in [2.75, 3.05) is 33.2 Å². The second kappa shape index (κ2) is 15.9. The predicted octanol–water partition coefficient (Wildman–Crippen LogP) is 5.78. The Morgan fingerprint density at radius 1 is 1.12 bits per heavy atom. The van der Waals surface area contributed by atoms with Crippen LogP contribution in [0.5, 0.6) is 0 Å². The van der Waals surface area contributed by atoms with E-state index in [0.29, 0.717) is 0 Å². The van der Waals surface area contributed by atoms with Crippen LogP contribution >= 0.6 is 0 Å². The molecule has 1 unspecified atom stereocenters. The van der Waals surface area contributed by atoms with E-state index in [4.69, 9.17) is 0 Å². The number of likely N-dealkylation sites (N-methyl/N-ethyl adjacent to an activating group) is 1. The van der Waals surface area contributed by atoms with Gasteiger partial charge in [0.15, 0.2) is 0 Å². The fourth-order valence-corrected chi connectivity index (χ4v) is 3.49. The van der Waals surface area contributed by atoms with Crippen LogP contribution in [0.4, 0.5) is 0 Å². The summed E-state index contributed by atoms with van der Waals surface area (Å²) in [5.74, 6) is 2.99. The van der Waals surface area contributed by atoms with E-state index < -0.39 is 0 Å². The minimum Gasteiger partial charge on any atom is -0.306 e. The van der Waals surface area contributed by atoms with Gasteiger partial charge in [0.25, 0.3) is 0 Å². The van der Waals surface area contributed by atoms with E-state index >= 15 is 0 Å². The van der Waals surface area contributed by atoms with Gasteiger partial charge in [-0.25, -0.2) is 0 Å². The lowest BCUT2D eigenvalue weighted by atomic mass is 9.90. The quantitative estimate of drug-likeness (QED) is 0.570. The highest BCUT2D eigenvalue weighted by Gasteiger charge is 2.18. The highest BCUT2D eigenvalue weighted by atomic mass is 15.1. The number of likely N-dealkylation sites (tertiary alicyclic amines) is 1. The number of hydrogen-bond donors (Lipinski definition) is 0. The van der Waals surface area contributed by atoms with Crippen molar-refractivity contribution in [3.05, 3.63) is 35.4 Å². The van der Waals surface area contributed by atoms with Crippen molar-refractivity contribution in [3.8, 4) is 12.3 Å². The first kappa shape index (κ1) is 24.7. The van der Waals surface area contributed by atoms with E-state index in [9.17, 15) is 0 Å². The average molecular weight is 359 g/mol. The lowest BCUT2D eigenvalue weighted by molar-refractivity contribution is 0.250. The molecule has 26 heavy (non-hydrogen) atoms. The van der Waals surface area contributed by atoms with Crippen LogP contribution in [0.25, 0.3) is 0 Å². The van der Waals surface area contributed by atoms with Crippen LogP contribution in [0, 0.1) is 12.3 Å². The third-order valence-corrected chi connectivity index (χ3v) is 4.56. The molecule has 0 bridgehead atoms. The smallest absolute Gasteiger partial charge is 0.0233 e. The third kappa shape index (κ3) is 10.00. The van der Waals surface area contributed by atoms with Crippen molar-refractivity contribution in [1.82, 2.24) is 9.80 Å². The monoisotopic (exact) mass is 358 g/mol. The first-order valence-electron chi connectivity index (χ1n) is 10.5. The number of piperidine rings is 1. The Morgan fingerprint density at radius 2 is 1.65 bits per heavy atom. The van der Waals surface area contributed by atoms with Crippen molar-refractivity contribution >= 4 is 0 Å². The third-order valence-electron chi connectivity index (χ3n) is 4.56. The molecule has 2 heteroatoms. The van der Waals surface area contributed by atoms with Gasteiger partial charge in [-0.2, -0.15) is 0 Å². The Hall–Kier alpha value is -1.30. The van der Waals surface area contributed by atoms with Gasteiger partial charge in [-0.15, -0.1) is 12.3 Å². The summed E-state index contributed by atoms with van der Waals surface area (Å²) in [6.45, 7) is 16.2. The molecule has 0 spiro atoms. The number of terminal acetylenes is 1. The number of benzene rings is 1. The Kier molecular flexibility index (Phi) is 15.1. The zero-order valence-electron chi connectivity index (χ0n) is 18.2. The lowest BCUT2D eigenvalue weighted by Gasteiger charge is -2.30. The summed E-state index contributed by atoms with van der Waals surface area (Å²) >= 11 is 0. The molecule has 1 aromatic carbocycles. The number of hydrogen-bond acceptors (Lipinski definition) is 2. The van der Waals surface area contributed by atoms with Crippen molar-refractivity contribution in [1.29, 1.82) is 0 Å². The summed E-state index contributed by atoms with van der Waals surface area (Å²) in [7, 11) is 2.24. The topological polar surface area (TPSA) is 6.48 Å². The van der Waals surface area contributed by atoms with E-state index in [1.165, 1.54) is 63.0 Å². The Morgan fingerprint density at radius 3 is 2.12 bits per heavy atom. The first-order chi connectivity index (χ1) is 12.6. The van der Waals surface area contributed by atoms with Gasteiger partial charge in [0, 0.05) is 13.1 Å². The van der Waals surface area contributed by atoms with E-state index in [1.807, 2.05) is 13.8 Å². The Bertz CT molecular complexity index is 466. The van der Waals surface area contributed by atoms with Gasteiger partial charge in [-0.1, -0.05) is 52.0 Å². The minimum atomic E-state index is 0.736. The normalized spacial score (nSPS) is 16.8. The molecule has 0 radical (unpaired) electrons. The zero-order valence-corrected chi connectivity index (χ0v) is 18.2. The average Bonchev–Trinajstić information content (AvgIpc) is 2.65. The van der Waals surface area contributed by atoms with E-state index in [1.54, 1.807) is 6.92 Å². The molecule has 1 aliphatic heterocycles. The van der Waals surface area contributed by atoms with Crippen LogP contribution in [0.15, 0.2) is 24.3 Å². The van der Waals surface area contributed by atoms with E-state index in [-0.39, 0.29) is 0 Å². The van der Waals surface area contributed by atoms with Gasteiger partial charge in [0.05, 0.1) is 0 Å². The van der Waals surface area contributed by atoms with Gasteiger partial charge in [-0.05, 0) is 76.3 Å². The molecule has 2 rings (SSSR count). The van der Waals surface area contributed by atoms with Gasteiger partial charge in [0.2, 0.25) is 0 Å². The summed E-state index contributed by atoms with van der Waals surface area (Å²) in [4.78, 5) is 5.04. The molecule has 1 atom stereocenters. The van der Waals surface area contributed by atoms with Crippen LogP contribution < -0.4 is 0 Å². The summed E-state index contributed by atoms with van der Waals surface area (Å²) in [6, 6.07) is 9.44. The van der Waals surface area contributed by atoms with Crippen LogP contribution in [0.2, 0.25) is 0 Å². The molecule has 0 amide bonds. The second-order valence-electron chi connectivity index (χ2n) is 6.91. The SMILES string of the molecule is C#CC.CC.CCCN(CCC)Cc1ccc(C2CCCN(C)C2)cc1. The van der Waals surface area contributed by atoms with Crippen LogP contribution in [0.1, 0.15) is 77.3 Å². The molecule has 0 aliphatic carbocycles. The van der Waals surface area contributed by atoms with Gasteiger partial charge in [0.1, 0.15) is 0 Å². The lowest BCUT2D eigenvalue weighted by Crippen LogP contribution is -2.30. The summed E-state index contributed by atoms with van der Waals surface area (Å²) < 4.78 is 0. The molecule has 2 nitrogen and oxygen atoms in total. The largest absolute Gasteiger partial charge is 0.306 e. The highest BCUT2D eigenvalue weighted by molar-refractivity contribution is 5.26. The molecule has 1 heterocycles. The van der Waals surface area contributed by atoms with Crippen LogP contribution in [-0.4, -0.2) is 43.0 Å². The predicted molar refractivity (Wildman–Crippen MR) is 118 cm³/mol. The molecular weight excluding hydrogens is 316 g/mol. The second-order valence-corrected chi connectivity index (χ2v) is 6.91. The Balaban J connectivity index is 0.00000113. The molecular formula is C24H42N2.